The fourth-order valence-corrected chi connectivity index (χ4v) is 0.596. The van der Waals surface area contributed by atoms with Gasteiger partial charge in [-0.05, 0) is 20.0 Å². The van der Waals surface area contributed by atoms with Crippen LogP contribution in [0.15, 0.2) is 17.6 Å². The van der Waals surface area contributed by atoms with Crippen LogP contribution >= 0.6 is 0 Å². The topological polar surface area (TPSA) is 24.4 Å². The second-order valence-corrected chi connectivity index (χ2v) is 2.62. The van der Waals surface area contributed by atoms with Gasteiger partial charge in [0.15, 0.2) is 0 Å². The standard InChI is InChI=1S/C8H13F3N2/c1-4-7(8(9,10)11)13-5-6(2)12-3/h4,6,12H,1,5H2,2-3H3. The second kappa shape index (κ2) is 5.01. The van der Waals surface area contributed by atoms with Crippen LogP contribution in [0.25, 0.3) is 0 Å². The van der Waals surface area contributed by atoms with Crippen molar-refractivity contribution >= 4 is 5.71 Å². The molecule has 1 atom stereocenters. The Kier molecular flexibility index (Phi) is 4.69. The highest BCUT2D eigenvalue weighted by atomic mass is 19.4. The average Bonchev–Trinajstić information content (AvgIpc) is 2.02. The maximum Gasteiger partial charge on any atom is 0.432 e. The summed E-state index contributed by atoms with van der Waals surface area (Å²) in [4.78, 5) is 3.40. The van der Waals surface area contributed by atoms with Crippen LogP contribution in [0.1, 0.15) is 6.92 Å². The van der Waals surface area contributed by atoms with E-state index in [4.69, 9.17) is 0 Å². The van der Waals surface area contributed by atoms with Crippen LogP contribution in [0, 0.1) is 0 Å². The summed E-state index contributed by atoms with van der Waals surface area (Å²) >= 11 is 0. The van der Waals surface area contributed by atoms with Crippen LogP contribution in [-0.4, -0.2) is 31.5 Å². The van der Waals surface area contributed by atoms with Gasteiger partial charge in [-0.15, -0.1) is 0 Å². The third kappa shape index (κ3) is 4.67. The van der Waals surface area contributed by atoms with Crippen LogP contribution in [0.5, 0.6) is 0 Å². The number of likely N-dealkylation sites (N-methyl/N-ethyl adjacent to an activating group) is 1. The normalized spacial score (nSPS) is 15.6. The van der Waals surface area contributed by atoms with E-state index < -0.39 is 11.9 Å². The van der Waals surface area contributed by atoms with Gasteiger partial charge in [-0.3, -0.25) is 4.99 Å². The number of nitrogens with zero attached hydrogens (tertiary/aromatic N) is 1. The van der Waals surface area contributed by atoms with E-state index in [0.29, 0.717) is 0 Å². The fourth-order valence-electron chi connectivity index (χ4n) is 0.596. The lowest BCUT2D eigenvalue weighted by Gasteiger charge is -2.09. The zero-order valence-electron chi connectivity index (χ0n) is 7.65. The summed E-state index contributed by atoms with van der Waals surface area (Å²) in [6, 6.07) is -0.0719. The molecule has 0 spiro atoms. The zero-order valence-corrected chi connectivity index (χ0v) is 7.65. The molecule has 0 fully saturated rings. The van der Waals surface area contributed by atoms with Gasteiger partial charge in [-0.1, -0.05) is 6.58 Å². The van der Waals surface area contributed by atoms with Gasteiger partial charge >= 0.3 is 6.18 Å². The average molecular weight is 194 g/mol. The number of aliphatic imine (C=N–C) groups is 1. The van der Waals surface area contributed by atoms with Crippen molar-refractivity contribution in [3.8, 4) is 0 Å². The summed E-state index contributed by atoms with van der Waals surface area (Å²) in [7, 11) is 1.67. The van der Waals surface area contributed by atoms with Gasteiger partial charge in [0.1, 0.15) is 5.71 Å². The Morgan fingerprint density at radius 1 is 1.62 bits per heavy atom. The van der Waals surface area contributed by atoms with E-state index in [1.54, 1.807) is 14.0 Å². The number of rotatable bonds is 4. The molecule has 0 aromatic carbocycles. The Balaban J connectivity index is 4.32. The first-order chi connectivity index (χ1) is 5.91. The van der Waals surface area contributed by atoms with Crippen molar-refractivity contribution in [1.29, 1.82) is 0 Å². The van der Waals surface area contributed by atoms with Gasteiger partial charge < -0.3 is 5.32 Å². The first kappa shape index (κ1) is 12.2. The van der Waals surface area contributed by atoms with Crippen molar-refractivity contribution in [2.24, 2.45) is 4.99 Å². The van der Waals surface area contributed by atoms with Crippen molar-refractivity contribution in [2.45, 2.75) is 19.1 Å². The first-order valence-corrected chi connectivity index (χ1v) is 3.83. The summed E-state index contributed by atoms with van der Waals surface area (Å²) in [6.45, 7) is 4.91. The maximum absolute atomic E-state index is 12.1. The van der Waals surface area contributed by atoms with Crippen molar-refractivity contribution in [1.82, 2.24) is 5.32 Å². The molecule has 0 bridgehead atoms. The Hall–Kier alpha value is -0.840. The molecule has 0 radical (unpaired) electrons. The molecule has 0 aliphatic rings. The minimum atomic E-state index is -4.39. The van der Waals surface area contributed by atoms with Crippen molar-refractivity contribution in [2.75, 3.05) is 13.6 Å². The summed E-state index contributed by atoms with van der Waals surface area (Å²) in [5, 5.41) is 2.79. The van der Waals surface area contributed by atoms with E-state index in [0.717, 1.165) is 6.08 Å². The van der Waals surface area contributed by atoms with E-state index >= 15 is 0 Å². The zero-order chi connectivity index (χ0) is 10.5. The molecule has 0 aromatic heterocycles. The Morgan fingerprint density at radius 3 is 2.46 bits per heavy atom. The van der Waals surface area contributed by atoms with Gasteiger partial charge in [0.2, 0.25) is 0 Å². The fraction of sp³-hybridized carbons (Fsp3) is 0.625. The number of halogens is 3. The predicted octanol–water partition coefficient (Wildman–Crippen LogP) is 1.78. The van der Waals surface area contributed by atoms with Gasteiger partial charge in [0.05, 0.1) is 6.54 Å². The van der Waals surface area contributed by atoms with Crippen LogP contribution in [-0.2, 0) is 0 Å². The molecule has 0 saturated heterocycles. The van der Waals surface area contributed by atoms with Gasteiger partial charge in [-0.25, -0.2) is 0 Å². The van der Waals surface area contributed by atoms with Crippen molar-refractivity contribution in [3.05, 3.63) is 12.7 Å². The molecule has 5 heteroatoms. The van der Waals surface area contributed by atoms with Gasteiger partial charge in [0, 0.05) is 6.04 Å². The molecule has 1 unspecified atom stereocenters. The Bertz CT molecular complexity index is 196. The minimum Gasteiger partial charge on any atom is -0.315 e. The third-order valence-corrected chi connectivity index (χ3v) is 1.51. The van der Waals surface area contributed by atoms with Crippen LogP contribution in [0.3, 0.4) is 0 Å². The number of nitrogens with one attached hydrogen (secondary N) is 1. The molecular weight excluding hydrogens is 181 g/mol. The lowest BCUT2D eigenvalue weighted by Crippen LogP contribution is -2.27. The van der Waals surface area contributed by atoms with E-state index in [-0.39, 0.29) is 12.6 Å². The number of alkyl halides is 3. The Labute approximate surface area is 75.5 Å². The van der Waals surface area contributed by atoms with Crippen molar-refractivity contribution in [3.63, 3.8) is 0 Å². The lowest BCUT2D eigenvalue weighted by atomic mass is 10.3. The number of hydrogen-bond donors (Lipinski definition) is 1. The molecule has 0 heterocycles. The highest BCUT2D eigenvalue weighted by Gasteiger charge is 2.33. The summed E-state index contributed by atoms with van der Waals surface area (Å²) in [5.41, 5.74) is -0.922. The van der Waals surface area contributed by atoms with Crippen molar-refractivity contribution < 1.29 is 13.2 Å². The van der Waals surface area contributed by atoms with Crippen LogP contribution < -0.4 is 5.32 Å². The monoisotopic (exact) mass is 194 g/mol. The molecule has 2 nitrogen and oxygen atoms in total. The lowest BCUT2D eigenvalue weighted by molar-refractivity contribution is -0.0578. The van der Waals surface area contributed by atoms with E-state index in [1.165, 1.54) is 0 Å². The highest BCUT2D eigenvalue weighted by molar-refractivity contribution is 5.98. The minimum absolute atomic E-state index is 0.0719. The molecule has 0 rings (SSSR count). The molecule has 0 aliphatic heterocycles. The second-order valence-electron chi connectivity index (χ2n) is 2.62. The molecule has 0 saturated carbocycles. The quantitative estimate of drug-likeness (QED) is 0.678. The molecule has 0 amide bonds. The smallest absolute Gasteiger partial charge is 0.315 e. The largest absolute Gasteiger partial charge is 0.432 e. The summed E-state index contributed by atoms with van der Waals surface area (Å²) in [6.07, 6.45) is -3.67. The molecule has 0 aliphatic carbocycles. The highest BCUT2D eigenvalue weighted by Crippen LogP contribution is 2.17. The Morgan fingerprint density at radius 2 is 2.15 bits per heavy atom. The first-order valence-electron chi connectivity index (χ1n) is 3.83. The molecular formula is C8H13F3N2. The van der Waals surface area contributed by atoms with E-state index in [9.17, 15) is 13.2 Å². The summed E-state index contributed by atoms with van der Waals surface area (Å²) in [5.74, 6) is 0. The van der Waals surface area contributed by atoms with Crippen LogP contribution in [0.2, 0.25) is 0 Å². The SMILES string of the molecule is C=CC(=NCC(C)NC)C(F)(F)F. The molecule has 0 aromatic rings. The number of allylic oxidation sites excluding steroid dienone is 1. The van der Waals surface area contributed by atoms with Gasteiger partial charge in [0.25, 0.3) is 0 Å². The summed E-state index contributed by atoms with van der Waals surface area (Å²) < 4.78 is 36.2. The van der Waals surface area contributed by atoms with E-state index in [1.807, 2.05) is 0 Å². The predicted molar refractivity (Wildman–Crippen MR) is 47.1 cm³/mol. The van der Waals surface area contributed by atoms with Crippen LogP contribution in [0.4, 0.5) is 13.2 Å². The van der Waals surface area contributed by atoms with Gasteiger partial charge in [-0.2, -0.15) is 13.2 Å². The third-order valence-electron chi connectivity index (χ3n) is 1.51. The molecule has 1 N–H and O–H groups in total. The number of hydrogen-bond acceptors (Lipinski definition) is 2. The maximum atomic E-state index is 12.1. The molecule has 13 heavy (non-hydrogen) atoms. The molecule has 76 valence electrons. The van der Waals surface area contributed by atoms with E-state index in [2.05, 4.69) is 16.9 Å².